The van der Waals surface area contributed by atoms with Gasteiger partial charge in [-0.3, -0.25) is 4.79 Å². The van der Waals surface area contributed by atoms with E-state index in [1.54, 1.807) is 7.11 Å². The van der Waals surface area contributed by atoms with E-state index in [0.717, 1.165) is 30.7 Å². The number of aliphatic hydroxyl groups is 1. The van der Waals surface area contributed by atoms with Gasteiger partial charge in [-0.05, 0) is 49.4 Å². The van der Waals surface area contributed by atoms with E-state index >= 15 is 0 Å². The second kappa shape index (κ2) is 6.13. The van der Waals surface area contributed by atoms with Crippen LogP contribution in [0.1, 0.15) is 43.4 Å². The largest absolute Gasteiger partial charge is 0.497 e. The van der Waals surface area contributed by atoms with Crippen LogP contribution in [0.4, 0.5) is 0 Å². The van der Waals surface area contributed by atoms with Crippen LogP contribution in [0, 0.1) is 0 Å². The molecule has 0 spiro atoms. The normalized spacial score (nSPS) is 21.3. The fourth-order valence-electron chi connectivity index (χ4n) is 3.70. The summed E-state index contributed by atoms with van der Waals surface area (Å²) >= 11 is 0. The third kappa shape index (κ3) is 2.52. The first-order chi connectivity index (χ1) is 10.7. The van der Waals surface area contributed by atoms with Gasteiger partial charge in [0.25, 0.3) is 0 Å². The molecule has 4 nitrogen and oxygen atoms in total. The minimum atomic E-state index is 0.146. The Hall–Kier alpha value is -1.81. The van der Waals surface area contributed by atoms with Gasteiger partial charge < -0.3 is 14.7 Å². The molecule has 1 atom stereocenters. The third-order valence-electron chi connectivity index (χ3n) is 4.90. The summed E-state index contributed by atoms with van der Waals surface area (Å²) in [5, 5.41) is 9.49. The highest BCUT2D eigenvalue weighted by Crippen LogP contribution is 2.39. The molecule has 1 N–H and O–H groups in total. The van der Waals surface area contributed by atoms with Crippen molar-refractivity contribution < 1.29 is 14.6 Å². The van der Waals surface area contributed by atoms with E-state index in [1.807, 2.05) is 13.0 Å². The Morgan fingerprint density at radius 1 is 1.32 bits per heavy atom. The Bertz CT molecular complexity index is 621. The Morgan fingerprint density at radius 2 is 2.14 bits per heavy atom. The van der Waals surface area contributed by atoms with Crippen LogP contribution in [0.5, 0.6) is 5.75 Å². The number of hydrogen-bond acceptors (Lipinski definition) is 4. The molecule has 0 bridgehead atoms. The van der Waals surface area contributed by atoms with Crippen molar-refractivity contribution >= 4 is 5.78 Å². The minimum Gasteiger partial charge on any atom is -0.497 e. The van der Waals surface area contributed by atoms with Gasteiger partial charge in [-0.15, -0.1) is 0 Å². The summed E-state index contributed by atoms with van der Waals surface area (Å²) in [7, 11) is 1.68. The molecule has 0 amide bonds. The molecular formula is C18H23NO3. The Balaban J connectivity index is 1.98. The van der Waals surface area contributed by atoms with Crippen molar-refractivity contribution in [3.05, 3.63) is 40.6 Å². The zero-order valence-corrected chi connectivity index (χ0v) is 13.3. The number of aliphatic hydroxyl groups excluding tert-OH is 1. The van der Waals surface area contributed by atoms with Gasteiger partial charge in [0.2, 0.25) is 0 Å². The number of carbonyl (C=O) groups is 1. The zero-order valence-electron chi connectivity index (χ0n) is 13.3. The number of methoxy groups -OCH3 is 1. The number of nitrogens with zero attached hydrogens (tertiary/aromatic N) is 1. The number of ether oxygens (including phenoxy) is 1. The van der Waals surface area contributed by atoms with Crippen LogP contribution in [0.25, 0.3) is 0 Å². The molecule has 0 unspecified atom stereocenters. The number of hydrogen-bond donors (Lipinski definition) is 1. The van der Waals surface area contributed by atoms with Crippen LogP contribution in [-0.2, 0) is 11.2 Å². The topological polar surface area (TPSA) is 49.8 Å². The van der Waals surface area contributed by atoms with Gasteiger partial charge in [0, 0.05) is 30.8 Å². The quantitative estimate of drug-likeness (QED) is 0.929. The van der Waals surface area contributed by atoms with Gasteiger partial charge in [-0.1, -0.05) is 6.07 Å². The SMILES string of the molecule is COc1ccc2c(c1)CCN(C1=C(C)C(=O)CC1)[C@@H]2CCO. The van der Waals surface area contributed by atoms with Gasteiger partial charge in [0.1, 0.15) is 5.75 Å². The molecule has 1 aliphatic carbocycles. The molecule has 1 aromatic carbocycles. The molecule has 1 aliphatic heterocycles. The maximum absolute atomic E-state index is 11.9. The molecule has 22 heavy (non-hydrogen) atoms. The van der Waals surface area contributed by atoms with Gasteiger partial charge in [0.05, 0.1) is 13.2 Å². The lowest BCUT2D eigenvalue weighted by molar-refractivity contribution is -0.114. The predicted octanol–water partition coefficient (Wildman–Crippen LogP) is 2.61. The predicted molar refractivity (Wildman–Crippen MR) is 84.8 cm³/mol. The number of ketones is 1. The fraction of sp³-hybridized carbons (Fsp3) is 0.500. The number of allylic oxidation sites excluding steroid dienone is 2. The summed E-state index contributed by atoms with van der Waals surface area (Å²) < 4.78 is 5.32. The fourth-order valence-corrected chi connectivity index (χ4v) is 3.70. The van der Waals surface area contributed by atoms with Crippen LogP contribution in [0.3, 0.4) is 0 Å². The second-order valence-corrected chi connectivity index (χ2v) is 6.03. The van der Waals surface area contributed by atoms with Crippen LogP contribution in [-0.4, -0.2) is 36.1 Å². The Labute approximate surface area is 131 Å². The van der Waals surface area contributed by atoms with Crippen molar-refractivity contribution in [1.82, 2.24) is 4.90 Å². The first-order valence-corrected chi connectivity index (χ1v) is 7.93. The minimum absolute atomic E-state index is 0.146. The van der Waals surface area contributed by atoms with E-state index in [1.165, 1.54) is 16.8 Å². The first-order valence-electron chi connectivity index (χ1n) is 7.93. The highest BCUT2D eigenvalue weighted by molar-refractivity contribution is 5.98. The van der Waals surface area contributed by atoms with Crippen molar-refractivity contribution in [3.8, 4) is 5.75 Å². The molecule has 1 aromatic rings. The van der Waals surface area contributed by atoms with Gasteiger partial charge >= 0.3 is 0 Å². The smallest absolute Gasteiger partial charge is 0.160 e. The van der Waals surface area contributed by atoms with Crippen LogP contribution < -0.4 is 4.74 Å². The average molecular weight is 301 g/mol. The van der Waals surface area contributed by atoms with E-state index in [4.69, 9.17) is 4.74 Å². The summed E-state index contributed by atoms with van der Waals surface area (Å²) in [6.45, 7) is 2.97. The number of fused-ring (bicyclic) bond motifs is 1. The number of benzene rings is 1. The summed E-state index contributed by atoms with van der Waals surface area (Å²) in [5.74, 6) is 1.14. The maximum Gasteiger partial charge on any atom is 0.160 e. The summed E-state index contributed by atoms with van der Waals surface area (Å²) in [6, 6.07) is 6.33. The van der Waals surface area contributed by atoms with E-state index in [9.17, 15) is 9.90 Å². The van der Waals surface area contributed by atoms with Crippen molar-refractivity contribution in [2.75, 3.05) is 20.3 Å². The Kier molecular flexibility index (Phi) is 4.21. The first kappa shape index (κ1) is 15.1. The van der Waals surface area contributed by atoms with Crippen molar-refractivity contribution in [2.24, 2.45) is 0 Å². The molecule has 4 heteroatoms. The summed E-state index contributed by atoms with van der Waals surface area (Å²) in [5.41, 5.74) is 4.61. The monoisotopic (exact) mass is 301 g/mol. The highest BCUT2D eigenvalue weighted by Gasteiger charge is 2.32. The summed E-state index contributed by atoms with van der Waals surface area (Å²) in [4.78, 5) is 14.2. The highest BCUT2D eigenvalue weighted by atomic mass is 16.5. The summed E-state index contributed by atoms with van der Waals surface area (Å²) in [6.07, 6.45) is 3.08. The zero-order chi connectivity index (χ0) is 15.7. The number of Topliss-reactive ketones (excluding diaryl/α,β-unsaturated/α-hetero) is 1. The van der Waals surface area contributed by atoms with Gasteiger partial charge in [-0.25, -0.2) is 0 Å². The molecule has 0 saturated heterocycles. The molecule has 0 radical (unpaired) electrons. The molecule has 3 rings (SSSR count). The van der Waals surface area contributed by atoms with Crippen LogP contribution in [0.15, 0.2) is 29.5 Å². The van der Waals surface area contributed by atoms with Crippen molar-refractivity contribution in [3.63, 3.8) is 0 Å². The number of rotatable bonds is 4. The average Bonchev–Trinajstić information content (AvgIpc) is 2.87. The van der Waals surface area contributed by atoms with Crippen LogP contribution in [0.2, 0.25) is 0 Å². The Morgan fingerprint density at radius 3 is 2.77 bits per heavy atom. The standard InChI is InChI=1S/C18H23NO3/c1-12-16(5-6-18(12)21)19-9-7-13-11-14(22-2)3-4-15(13)17(19)8-10-20/h3-4,11,17,20H,5-10H2,1-2H3/t17-/m1/s1. The lowest BCUT2D eigenvalue weighted by Gasteiger charge is -2.40. The van der Waals surface area contributed by atoms with Gasteiger partial charge in [-0.2, -0.15) is 0 Å². The second-order valence-electron chi connectivity index (χ2n) is 6.03. The third-order valence-corrected chi connectivity index (χ3v) is 4.90. The molecule has 2 aliphatic rings. The van der Waals surface area contributed by atoms with E-state index in [2.05, 4.69) is 17.0 Å². The number of carbonyl (C=O) groups excluding carboxylic acids is 1. The molecule has 0 saturated carbocycles. The van der Waals surface area contributed by atoms with Crippen LogP contribution >= 0.6 is 0 Å². The molecule has 0 fully saturated rings. The van der Waals surface area contributed by atoms with E-state index < -0.39 is 0 Å². The molecular weight excluding hydrogens is 278 g/mol. The lowest BCUT2D eigenvalue weighted by atomic mass is 9.89. The van der Waals surface area contributed by atoms with Crippen molar-refractivity contribution in [1.29, 1.82) is 0 Å². The lowest BCUT2D eigenvalue weighted by Crippen LogP contribution is -2.35. The maximum atomic E-state index is 11.9. The molecule has 0 aromatic heterocycles. The molecule has 118 valence electrons. The van der Waals surface area contributed by atoms with Crippen molar-refractivity contribution in [2.45, 2.75) is 38.6 Å². The van der Waals surface area contributed by atoms with E-state index in [0.29, 0.717) is 12.8 Å². The van der Waals surface area contributed by atoms with E-state index in [-0.39, 0.29) is 18.4 Å². The molecule has 1 heterocycles. The van der Waals surface area contributed by atoms with Gasteiger partial charge in [0.15, 0.2) is 5.78 Å².